The molecule has 2 aromatic rings. The van der Waals surface area contributed by atoms with Crippen molar-refractivity contribution in [3.05, 3.63) is 29.8 Å². The molecule has 0 spiro atoms. The molecule has 0 fully saturated rings. The Morgan fingerprint density at radius 3 is 2.29 bits per heavy atom. The van der Waals surface area contributed by atoms with Gasteiger partial charge in [0, 0.05) is 26.3 Å². The van der Waals surface area contributed by atoms with Crippen LogP contribution in [0.15, 0.2) is 24.3 Å². The highest BCUT2D eigenvalue weighted by molar-refractivity contribution is 7.59. The van der Waals surface area contributed by atoms with E-state index in [9.17, 15) is 0 Å². The SMILES string of the molecule is Cc1cccc(Nc2nc(NCCCC(C)C)nc(N(C)C)n2)c1.O=S(=O)=O. The smallest absolute Gasteiger partial charge is 0.354 e. The van der Waals surface area contributed by atoms with Crippen molar-refractivity contribution in [1.29, 1.82) is 0 Å². The molecule has 154 valence electrons. The largest absolute Gasteiger partial charge is 0.425 e. The monoisotopic (exact) mass is 408 g/mol. The van der Waals surface area contributed by atoms with E-state index in [1.165, 1.54) is 12.0 Å². The second kappa shape index (κ2) is 11.9. The summed E-state index contributed by atoms with van der Waals surface area (Å²) in [6.45, 7) is 7.39. The van der Waals surface area contributed by atoms with Crippen molar-refractivity contribution in [3.63, 3.8) is 0 Å². The van der Waals surface area contributed by atoms with E-state index in [0.29, 0.717) is 23.8 Å². The van der Waals surface area contributed by atoms with Gasteiger partial charge in [-0.25, -0.2) is 0 Å². The van der Waals surface area contributed by atoms with Crippen LogP contribution in [0.25, 0.3) is 0 Å². The minimum absolute atomic E-state index is 0.547. The molecule has 0 saturated heterocycles. The normalized spacial score (nSPS) is 10.1. The number of aromatic nitrogens is 3. The average molecular weight is 409 g/mol. The van der Waals surface area contributed by atoms with Gasteiger partial charge in [0.1, 0.15) is 0 Å². The molecule has 1 aromatic carbocycles. The number of nitrogens with zero attached hydrogens (tertiary/aromatic N) is 4. The predicted molar refractivity (Wildman–Crippen MR) is 111 cm³/mol. The number of anilines is 4. The summed E-state index contributed by atoms with van der Waals surface area (Å²) in [7, 11) is 0.739. The van der Waals surface area contributed by atoms with Crippen LogP contribution >= 0.6 is 0 Å². The summed E-state index contributed by atoms with van der Waals surface area (Å²) in [5.41, 5.74) is 2.16. The summed E-state index contributed by atoms with van der Waals surface area (Å²) in [4.78, 5) is 15.3. The molecule has 0 saturated carbocycles. The number of aryl methyl sites for hydroxylation is 1. The Kier molecular flexibility index (Phi) is 9.86. The highest BCUT2D eigenvalue weighted by Gasteiger charge is 2.08. The van der Waals surface area contributed by atoms with Crippen LogP contribution in [0.3, 0.4) is 0 Å². The Morgan fingerprint density at radius 2 is 1.71 bits per heavy atom. The molecule has 0 amide bonds. The molecule has 2 N–H and O–H groups in total. The summed E-state index contributed by atoms with van der Waals surface area (Å²) in [5, 5.41) is 6.56. The van der Waals surface area contributed by atoms with Gasteiger partial charge in [-0.2, -0.15) is 15.0 Å². The van der Waals surface area contributed by atoms with Crippen LogP contribution in [0, 0.1) is 12.8 Å². The first kappa shape index (κ1) is 23.3. The second-order valence-electron chi connectivity index (χ2n) is 6.84. The lowest BCUT2D eigenvalue weighted by atomic mass is 10.1. The summed E-state index contributed by atoms with van der Waals surface area (Å²) in [6.07, 6.45) is 2.29. The molecule has 0 bridgehead atoms. The van der Waals surface area contributed by atoms with Crippen LogP contribution in [0.4, 0.5) is 23.5 Å². The van der Waals surface area contributed by atoms with Gasteiger partial charge >= 0.3 is 10.6 Å². The van der Waals surface area contributed by atoms with Crippen LogP contribution in [0.1, 0.15) is 32.3 Å². The molecule has 10 heteroatoms. The molecular formula is C18H28N6O3S. The third-order valence-electron chi connectivity index (χ3n) is 3.54. The van der Waals surface area contributed by atoms with Gasteiger partial charge in [-0.15, -0.1) is 12.6 Å². The van der Waals surface area contributed by atoms with E-state index in [1.807, 2.05) is 31.1 Å². The minimum Gasteiger partial charge on any atom is -0.354 e. The van der Waals surface area contributed by atoms with Crippen LogP contribution in [-0.2, 0) is 10.6 Å². The number of benzene rings is 1. The van der Waals surface area contributed by atoms with Crippen molar-refractivity contribution in [2.75, 3.05) is 36.2 Å². The molecule has 0 aliphatic carbocycles. The van der Waals surface area contributed by atoms with Gasteiger partial charge in [0.25, 0.3) is 0 Å². The molecule has 0 radical (unpaired) electrons. The summed E-state index contributed by atoms with van der Waals surface area (Å²) >= 11 is 0. The predicted octanol–water partition coefficient (Wildman–Crippen LogP) is 2.83. The first-order chi connectivity index (χ1) is 13.2. The van der Waals surface area contributed by atoms with Crippen molar-refractivity contribution < 1.29 is 12.6 Å². The van der Waals surface area contributed by atoms with Crippen LogP contribution in [0.5, 0.6) is 0 Å². The summed E-state index contributed by atoms with van der Waals surface area (Å²) < 4.78 is 25.3. The zero-order valence-electron chi connectivity index (χ0n) is 16.9. The Bertz CT molecular complexity index is 850. The number of nitrogens with one attached hydrogen (secondary N) is 2. The molecule has 0 unspecified atom stereocenters. The van der Waals surface area contributed by atoms with E-state index >= 15 is 0 Å². The standard InChI is InChI=1S/C18H28N6.O3S/c1-13(2)8-7-11-19-16-21-17(23-18(22-16)24(4)5)20-15-10-6-9-14(3)12-15;1-4(2)3/h6,9-10,12-13H,7-8,11H2,1-5H3,(H2,19,20,21,22,23);. The highest BCUT2D eigenvalue weighted by atomic mass is 32.2. The lowest BCUT2D eigenvalue weighted by Gasteiger charge is -2.14. The molecule has 2 rings (SSSR count). The molecule has 28 heavy (non-hydrogen) atoms. The fraction of sp³-hybridized carbons (Fsp3) is 0.500. The maximum atomic E-state index is 8.44. The van der Waals surface area contributed by atoms with E-state index in [4.69, 9.17) is 12.6 Å². The zero-order valence-corrected chi connectivity index (χ0v) is 17.7. The molecule has 1 aromatic heterocycles. The van der Waals surface area contributed by atoms with Crippen LogP contribution in [-0.4, -0.2) is 48.2 Å². The van der Waals surface area contributed by atoms with Gasteiger partial charge in [-0.05, 0) is 43.4 Å². The van der Waals surface area contributed by atoms with Gasteiger partial charge in [-0.1, -0.05) is 26.0 Å². The Hall–Kier alpha value is -2.75. The molecular weight excluding hydrogens is 380 g/mol. The van der Waals surface area contributed by atoms with Crippen molar-refractivity contribution in [2.45, 2.75) is 33.6 Å². The van der Waals surface area contributed by atoms with Crippen LogP contribution in [0.2, 0.25) is 0 Å². The maximum Gasteiger partial charge on any atom is 0.425 e. The number of hydrogen-bond donors (Lipinski definition) is 2. The van der Waals surface area contributed by atoms with Crippen molar-refractivity contribution >= 4 is 34.1 Å². The van der Waals surface area contributed by atoms with Crippen LogP contribution < -0.4 is 15.5 Å². The van der Waals surface area contributed by atoms with E-state index in [-0.39, 0.29) is 0 Å². The van der Waals surface area contributed by atoms with E-state index in [0.717, 1.165) is 18.7 Å². The van der Waals surface area contributed by atoms with Crippen molar-refractivity contribution in [2.24, 2.45) is 5.92 Å². The maximum absolute atomic E-state index is 8.44. The van der Waals surface area contributed by atoms with Gasteiger partial charge in [0.2, 0.25) is 17.8 Å². The quantitative estimate of drug-likeness (QED) is 0.636. The Labute approximate surface area is 167 Å². The Morgan fingerprint density at radius 1 is 1.07 bits per heavy atom. The number of hydrogen-bond acceptors (Lipinski definition) is 9. The fourth-order valence-electron chi connectivity index (χ4n) is 2.26. The molecule has 1 heterocycles. The van der Waals surface area contributed by atoms with E-state index in [2.05, 4.69) is 58.5 Å². The topological polar surface area (TPSA) is 117 Å². The highest BCUT2D eigenvalue weighted by Crippen LogP contribution is 2.18. The second-order valence-corrected chi connectivity index (χ2v) is 7.25. The molecule has 0 aliphatic heterocycles. The van der Waals surface area contributed by atoms with E-state index < -0.39 is 10.6 Å². The van der Waals surface area contributed by atoms with Gasteiger partial charge < -0.3 is 15.5 Å². The van der Waals surface area contributed by atoms with E-state index in [1.54, 1.807) is 0 Å². The lowest BCUT2D eigenvalue weighted by Crippen LogP contribution is -2.17. The number of rotatable bonds is 8. The average Bonchev–Trinajstić information content (AvgIpc) is 2.58. The zero-order chi connectivity index (χ0) is 21.1. The minimum atomic E-state index is -3.11. The summed E-state index contributed by atoms with van der Waals surface area (Å²) in [6, 6.07) is 8.14. The van der Waals surface area contributed by atoms with Crippen molar-refractivity contribution in [3.8, 4) is 0 Å². The Balaban J connectivity index is 0.000000892. The van der Waals surface area contributed by atoms with Crippen molar-refractivity contribution in [1.82, 2.24) is 15.0 Å². The first-order valence-electron chi connectivity index (χ1n) is 8.95. The molecule has 9 nitrogen and oxygen atoms in total. The summed E-state index contributed by atoms with van der Waals surface area (Å²) in [5.74, 6) is 2.49. The third-order valence-corrected chi connectivity index (χ3v) is 3.54. The molecule has 0 aliphatic rings. The fourth-order valence-corrected chi connectivity index (χ4v) is 2.26. The lowest BCUT2D eigenvalue weighted by molar-refractivity contribution is 0.559. The first-order valence-corrected chi connectivity index (χ1v) is 9.95. The third kappa shape index (κ3) is 9.81. The van der Waals surface area contributed by atoms with Gasteiger partial charge in [-0.3, -0.25) is 0 Å². The van der Waals surface area contributed by atoms with Gasteiger partial charge in [0.05, 0.1) is 0 Å². The molecule has 0 atom stereocenters. The van der Waals surface area contributed by atoms with Gasteiger partial charge in [0.15, 0.2) is 0 Å².